The number of fused-ring (bicyclic) bond motifs is 2. The Labute approximate surface area is 137 Å². The van der Waals surface area contributed by atoms with Crippen LogP contribution in [0.3, 0.4) is 0 Å². The summed E-state index contributed by atoms with van der Waals surface area (Å²) in [6.45, 7) is 2.51. The maximum absolute atomic E-state index is 6.09. The summed E-state index contributed by atoms with van der Waals surface area (Å²) in [4.78, 5) is 12.6. The van der Waals surface area contributed by atoms with Gasteiger partial charge in [0, 0.05) is 5.92 Å². The Balaban J connectivity index is 1.75. The molecule has 0 aliphatic carbocycles. The van der Waals surface area contributed by atoms with Crippen molar-refractivity contribution in [3.05, 3.63) is 6.33 Å². The van der Waals surface area contributed by atoms with Crippen LogP contribution in [0.5, 0.6) is 5.88 Å². The topological polar surface area (TPSA) is 107 Å². The molecule has 23 heavy (non-hydrogen) atoms. The van der Waals surface area contributed by atoms with Gasteiger partial charge in [0.15, 0.2) is 18.3 Å². The van der Waals surface area contributed by atoms with Crippen LogP contribution < -0.4 is 10.5 Å². The van der Waals surface area contributed by atoms with Gasteiger partial charge in [-0.2, -0.15) is 9.97 Å². The number of aromatic nitrogens is 4. The number of nitrogens with zero attached hydrogens (tertiary/aromatic N) is 4. The molecule has 5 atom stereocenters. The Morgan fingerprint density at radius 2 is 2.30 bits per heavy atom. The van der Waals surface area contributed by atoms with Crippen molar-refractivity contribution in [1.82, 2.24) is 19.5 Å². The Bertz CT molecular complexity index is 786. The van der Waals surface area contributed by atoms with Gasteiger partial charge in [0.1, 0.15) is 18.4 Å². The quantitative estimate of drug-likeness (QED) is 0.784. The SMILES string of the molecule is COc1nc(N)nc2c1ncn2[C@@H]1O[C@@H]2CO[PH](=S)O[C@H]2[C@@H]1C. The van der Waals surface area contributed by atoms with Crippen molar-refractivity contribution in [3.63, 3.8) is 0 Å². The van der Waals surface area contributed by atoms with Crippen LogP contribution in [0.2, 0.25) is 0 Å². The highest BCUT2D eigenvalue weighted by Gasteiger charge is 2.47. The van der Waals surface area contributed by atoms with Crippen molar-refractivity contribution in [2.45, 2.75) is 25.4 Å². The number of methoxy groups -OCH3 is 1. The van der Waals surface area contributed by atoms with Crippen molar-refractivity contribution in [2.24, 2.45) is 5.92 Å². The molecule has 0 aromatic carbocycles. The molecule has 2 saturated heterocycles. The molecule has 1 unspecified atom stereocenters. The fraction of sp³-hybridized carbons (Fsp3) is 0.583. The number of nitrogen functional groups attached to an aromatic ring is 1. The van der Waals surface area contributed by atoms with Gasteiger partial charge in [0.25, 0.3) is 0 Å². The molecule has 0 bridgehead atoms. The van der Waals surface area contributed by atoms with Crippen LogP contribution in [0.1, 0.15) is 13.2 Å². The van der Waals surface area contributed by atoms with E-state index < -0.39 is 7.15 Å². The Morgan fingerprint density at radius 3 is 3.09 bits per heavy atom. The van der Waals surface area contributed by atoms with Crippen LogP contribution in [0.15, 0.2) is 6.33 Å². The van der Waals surface area contributed by atoms with Gasteiger partial charge in [-0.3, -0.25) is 4.57 Å². The molecule has 0 saturated carbocycles. The molecular formula is C12H16N5O4PS. The molecule has 2 aromatic rings. The summed E-state index contributed by atoms with van der Waals surface area (Å²) in [6, 6.07) is 0. The van der Waals surface area contributed by atoms with Crippen LogP contribution in [0, 0.1) is 5.92 Å². The van der Waals surface area contributed by atoms with E-state index in [2.05, 4.69) is 21.9 Å². The van der Waals surface area contributed by atoms with Crippen LogP contribution in [-0.2, 0) is 25.6 Å². The van der Waals surface area contributed by atoms with E-state index in [1.165, 1.54) is 7.11 Å². The molecule has 2 aliphatic rings. The lowest BCUT2D eigenvalue weighted by molar-refractivity contribution is -0.0484. The van der Waals surface area contributed by atoms with Crippen molar-refractivity contribution < 1.29 is 18.5 Å². The predicted octanol–water partition coefficient (Wildman–Crippen LogP) is 0.872. The molecule has 2 aliphatic heterocycles. The molecule has 2 aromatic heterocycles. The number of ether oxygens (including phenoxy) is 2. The lowest BCUT2D eigenvalue weighted by Crippen LogP contribution is -2.33. The lowest BCUT2D eigenvalue weighted by Gasteiger charge is -2.27. The minimum Gasteiger partial charge on any atom is -0.479 e. The van der Waals surface area contributed by atoms with E-state index in [4.69, 9.17) is 36.1 Å². The predicted molar refractivity (Wildman–Crippen MR) is 85.9 cm³/mol. The number of imidazole rings is 1. The second-order valence-corrected chi connectivity index (χ2v) is 7.51. The van der Waals surface area contributed by atoms with E-state index in [0.717, 1.165) is 0 Å². The van der Waals surface area contributed by atoms with Gasteiger partial charge in [0.05, 0.1) is 20.0 Å². The second kappa shape index (κ2) is 5.64. The molecule has 11 heteroatoms. The Hall–Kier alpha value is -1.32. The molecule has 0 amide bonds. The van der Waals surface area contributed by atoms with Crippen LogP contribution in [-0.4, -0.2) is 45.4 Å². The van der Waals surface area contributed by atoms with Crippen LogP contribution in [0.4, 0.5) is 5.95 Å². The van der Waals surface area contributed by atoms with E-state index in [9.17, 15) is 0 Å². The molecule has 4 heterocycles. The highest BCUT2D eigenvalue weighted by atomic mass is 32.4. The molecule has 124 valence electrons. The molecule has 2 fully saturated rings. The van der Waals surface area contributed by atoms with Crippen molar-refractivity contribution in [2.75, 3.05) is 19.5 Å². The molecule has 9 nitrogen and oxygen atoms in total. The average Bonchev–Trinajstić information content (AvgIpc) is 3.08. The summed E-state index contributed by atoms with van der Waals surface area (Å²) in [5.41, 5.74) is 6.86. The third kappa shape index (κ3) is 2.41. The third-order valence-electron chi connectivity index (χ3n) is 4.12. The first-order chi connectivity index (χ1) is 11.1. The largest absolute Gasteiger partial charge is 0.479 e. The molecule has 0 spiro atoms. The summed E-state index contributed by atoms with van der Waals surface area (Å²) < 4.78 is 24.4. The van der Waals surface area contributed by atoms with Crippen LogP contribution >= 0.6 is 7.15 Å². The van der Waals surface area contributed by atoms with E-state index in [1.807, 2.05) is 4.57 Å². The summed E-state index contributed by atoms with van der Waals surface area (Å²) in [5, 5.41) is 0. The minimum absolute atomic E-state index is 0.0754. The van der Waals surface area contributed by atoms with Gasteiger partial charge in [-0.05, 0) is 11.8 Å². The summed E-state index contributed by atoms with van der Waals surface area (Å²) in [7, 11) is -0.100. The van der Waals surface area contributed by atoms with Crippen molar-refractivity contribution in [3.8, 4) is 5.88 Å². The highest BCUT2D eigenvalue weighted by Crippen LogP contribution is 2.46. The zero-order valence-corrected chi connectivity index (χ0v) is 14.3. The maximum atomic E-state index is 6.09. The van der Waals surface area contributed by atoms with Gasteiger partial charge in [0.2, 0.25) is 11.8 Å². The highest BCUT2D eigenvalue weighted by molar-refractivity contribution is 8.00. The summed E-state index contributed by atoms with van der Waals surface area (Å²) in [6.07, 6.45) is 1.13. The molecular weight excluding hydrogens is 341 g/mol. The average molecular weight is 357 g/mol. The van der Waals surface area contributed by atoms with Gasteiger partial charge >= 0.3 is 0 Å². The third-order valence-corrected chi connectivity index (χ3v) is 5.63. The van der Waals surface area contributed by atoms with E-state index in [-0.39, 0.29) is 30.3 Å². The lowest BCUT2D eigenvalue weighted by atomic mass is 10.0. The van der Waals surface area contributed by atoms with Gasteiger partial charge in [-0.25, -0.2) is 4.98 Å². The first-order valence-electron chi connectivity index (χ1n) is 7.11. The monoisotopic (exact) mass is 357 g/mol. The minimum atomic E-state index is -1.62. The number of hydrogen-bond donors (Lipinski definition) is 1. The smallest absolute Gasteiger partial charge is 0.246 e. The zero-order chi connectivity index (χ0) is 16.1. The normalized spacial score (nSPS) is 33.7. The second-order valence-electron chi connectivity index (χ2n) is 5.48. The first kappa shape index (κ1) is 15.2. The number of hydrogen-bond acceptors (Lipinski definition) is 9. The van der Waals surface area contributed by atoms with Crippen LogP contribution in [0.25, 0.3) is 11.2 Å². The fourth-order valence-electron chi connectivity index (χ4n) is 3.05. The fourth-order valence-corrected chi connectivity index (χ4v) is 4.54. The summed E-state index contributed by atoms with van der Waals surface area (Å²) in [5.74, 6) is 0.534. The van der Waals surface area contributed by atoms with Crippen molar-refractivity contribution >= 4 is 36.1 Å². The number of anilines is 1. The number of rotatable bonds is 2. The summed E-state index contributed by atoms with van der Waals surface area (Å²) >= 11 is 5.16. The first-order valence-corrected chi connectivity index (χ1v) is 9.56. The van der Waals surface area contributed by atoms with Crippen molar-refractivity contribution in [1.29, 1.82) is 0 Å². The van der Waals surface area contributed by atoms with E-state index >= 15 is 0 Å². The molecule has 0 radical (unpaired) electrons. The van der Waals surface area contributed by atoms with E-state index in [0.29, 0.717) is 23.7 Å². The molecule has 4 rings (SSSR count). The maximum Gasteiger partial charge on any atom is 0.246 e. The standard InChI is InChI=1S/C12H16N5O4PS/c1-5-8-6(3-19-22(23)21-8)20-11(5)17-4-14-7-9(17)15-12(13)16-10(7)18-2/h4-6,8,11,22H,3H2,1-2H3,(H2,13,15,16)/t5-,6+,8-,11+/m0/s1. The van der Waals surface area contributed by atoms with E-state index in [1.54, 1.807) is 6.33 Å². The Morgan fingerprint density at radius 1 is 1.48 bits per heavy atom. The van der Waals surface area contributed by atoms with Gasteiger partial charge in [-0.1, -0.05) is 6.92 Å². The Kier molecular flexibility index (Phi) is 3.73. The van der Waals surface area contributed by atoms with Gasteiger partial charge in [-0.15, -0.1) is 0 Å². The van der Waals surface area contributed by atoms with Gasteiger partial charge < -0.3 is 24.3 Å². The molecule has 2 N–H and O–H groups in total. The number of nitrogens with two attached hydrogens (primary N) is 1. The zero-order valence-electron chi connectivity index (χ0n) is 12.5.